The minimum Gasteiger partial charge on any atom is -0.449 e. The third-order valence-electron chi connectivity index (χ3n) is 5.12. The molecule has 1 atom stereocenters. The Hall–Kier alpha value is -3.13. The van der Waals surface area contributed by atoms with Gasteiger partial charge < -0.3 is 19.7 Å². The number of ether oxygens (including phenoxy) is 2. The second kappa shape index (κ2) is 9.58. The molecular weight excluding hydrogens is 384 g/mol. The molecule has 1 saturated heterocycles. The summed E-state index contributed by atoms with van der Waals surface area (Å²) in [7, 11) is 1.85. The Bertz CT molecular complexity index is 927. The van der Waals surface area contributed by atoms with Crippen molar-refractivity contribution in [2.45, 2.75) is 26.9 Å². The number of hydrogen-bond acceptors (Lipinski definition) is 6. The van der Waals surface area contributed by atoms with Crippen molar-refractivity contribution in [3.05, 3.63) is 47.3 Å². The molecular formula is C22H28N4O4. The van der Waals surface area contributed by atoms with Crippen LogP contribution in [-0.2, 0) is 26.1 Å². The number of rotatable bonds is 6. The first-order valence-electron chi connectivity index (χ1n) is 9.97. The van der Waals surface area contributed by atoms with Crippen molar-refractivity contribution in [3.8, 4) is 0 Å². The van der Waals surface area contributed by atoms with E-state index in [1.54, 1.807) is 17.7 Å². The Balaban J connectivity index is 1.52. The number of hydrogen-bond donors (Lipinski definition) is 1. The summed E-state index contributed by atoms with van der Waals surface area (Å²) in [6, 6.07) is 7.59. The highest BCUT2D eigenvalue weighted by atomic mass is 16.5. The van der Waals surface area contributed by atoms with E-state index in [0.29, 0.717) is 5.69 Å². The number of anilines is 2. The number of morpholine rings is 1. The van der Waals surface area contributed by atoms with Crippen molar-refractivity contribution in [1.29, 1.82) is 0 Å². The van der Waals surface area contributed by atoms with Gasteiger partial charge in [-0.25, -0.2) is 4.79 Å². The molecule has 1 aliphatic rings. The fourth-order valence-electron chi connectivity index (χ4n) is 3.27. The van der Waals surface area contributed by atoms with Crippen molar-refractivity contribution in [3.63, 3.8) is 0 Å². The zero-order valence-corrected chi connectivity index (χ0v) is 17.8. The maximum absolute atomic E-state index is 12.4. The second-order valence-corrected chi connectivity index (χ2v) is 7.26. The fraction of sp³-hybridized carbons (Fsp3) is 0.409. The Labute approximate surface area is 176 Å². The van der Waals surface area contributed by atoms with Gasteiger partial charge in [-0.3, -0.25) is 9.48 Å². The summed E-state index contributed by atoms with van der Waals surface area (Å²) in [5.74, 6) is -0.965. The van der Waals surface area contributed by atoms with Crippen LogP contribution >= 0.6 is 0 Å². The zero-order chi connectivity index (χ0) is 21.7. The van der Waals surface area contributed by atoms with Crippen molar-refractivity contribution in [2.24, 2.45) is 7.05 Å². The van der Waals surface area contributed by atoms with Crippen molar-refractivity contribution in [1.82, 2.24) is 9.78 Å². The van der Waals surface area contributed by atoms with Gasteiger partial charge in [0.25, 0.3) is 5.91 Å². The summed E-state index contributed by atoms with van der Waals surface area (Å²) in [4.78, 5) is 26.7. The number of esters is 1. The van der Waals surface area contributed by atoms with Crippen molar-refractivity contribution in [2.75, 3.05) is 36.5 Å². The van der Waals surface area contributed by atoms with Crippen LogP contribution in [0.2, 0.25) is 0 Å². The number of nitrogens with one attached hydrogen (secondary N) is 1. The molecule has 0 spiro atoms. The monoisotopic (exact) mass is 412 g/mol. The minimum absolute atomic E-state index is 0.385. The van der Waals surface area contributed by atoms with Gasteiger partial charge in [-0.1, -0.05) is 0 Å². The highest BCUT2D eigenvalue weighted by molar-refractivity contribution is 5.96. The van der Waals surface area contributed by atoms with E-state index in [1.807, 2.05) is 45.2 Å². The SMILES string of the molecule is Cc1nn(C)c(C)c1/C=C/C(=O)O[C@@H](C)C(=O)Nc1ccc(N2CCOCC2)cc1. The smallest absolute Gasteiger partial charge is 0.331 e. The highest BCUT2D eigenvalue weighted by Crippen LogP contribution is 2.19. The minimum atomic E-state index is -0.919. The number of aromatic nitrogens is 2. The average molecular weight is 412 g/mol. The summed E-state index contributed by atoms with van der Waals surface area (Å²) in [5.41, 5.74) is 4.37. The molecule has 8 nitrogen and oxygen atoms in total. The van der Waals surface area contributed by atoms with E-state index in [1.165, 1.54) is 6.08 Å². The van der Waals surface area contributed by atoms with Gasteiger partial charge in [-0.15, -0.1) is 0 Å². The topological polar surface area (TPSA) is 85.7 Å². The Kier molecular flexibility index (Phi) is 6.89. The van der Waals surface area contributed by atoms with Crippen LogP contribution in [0.15, 0.2) is 30.3 Å². The molecule has 0 aliphatic carbocycles. The van der Waals surface area contributed by atoms with Gasteiger partial charge in [0.1, 0.15) is 0 Å². The number of benzene rings is 1. The molecule has 1 aliphatic heterocycles. The van der Waals surface area contributed by atoms with Gasteiger partial charge in [0.15, 0.2) is 6.10 Å². The molecule has 0 bridgehead atoms. The molecule has 1 amide bonds. The number of carbonyl (C=O) groups excluding carboxylic acids is 2. The molecule has 0 radical (unpaired) electrons. The number of amides is 1. The molecule has 0 saturated carbocycles. The van der Waals surface area contributed by atoms with Gasteiger partial charge in [0.2, 0.25) is 0 Å². The second-order valence-electron chi connectivity index (χ2n) is 7.26. The first kappa shape index (κ1) is 21.6. The molecule has 1 N–H and O–H groups in total. The van der Waals surface area contributed by atoms with Gasteiger partial charge in [0.05, 0.1) is 18.9 Å². The van der Waals surface area contributed by atoms with Crippen molar-refractivity contribution >= 4 is 29.3 Å². The number of nitrogens with zero attached hydrogens (tertiary/aromatic N) is 3. The quantitative estimate of drug-likeness (QED) is 0.580. The zero-order valence-electron chi connectivity index (χ0n) is 17.8. The molecule has 2 heterocycles. The fourth-order valence-corrected chi connectivity index (χ4v) is 3.27. The van der Waals surface area contributed by atoms with Crippen LogP contribution in [-0.4, -0.2) is 54.1 Å². The Morgan fingerprint density at radius 3 is 2.47 bits per heavy atom. The predicted molar refractivity (Wildman–Crippen MR) is 115 cm³/mol. The Morgan fingerprint density at radius 1 is 1.20 bits per heavy atom. The molecule has 1 aromatic heterocycles. The van der Waals surface area contributed by atoms with Gasteiger partial charge in [-0.2, -0.15) is 5.10 Å². The molecule has 30 heavy (non-hydrogen) atoms. The average Bonchev–Trinajstić information content (AvgIpc) is 2.98. The largest absolute Gasteiger partial charge is 0.449 e. The highest BCUT2D eigenvalue weighted by Gasteiger charge is 2.17. The normalized spacial score (nSPS) is 15.3. The van der Waals surface area contributed by atoms with Crippen LogP contribution in [0.4, 0.5) is 11.4 Å². The van der Waals surface area contributed by atoms with E-state index >= 15 is 0 Å². The molecule has 1 fully saturated rings. The third-order valence-corrected chi connectivity index (χ3v) is 5.12. The maximum Gasteiger partial charge on any atom is 0.331 e. The van der Waals surface area contributed by atoms with Gasteiger partial charge in [0, 0.05) is 48.8 Å². The van der Waals surface area contributed by atoms with Crippen LogP contribution in [0.1, 0.15) is 23.9 Å². The van der Waals surface area contributed by atoms with E-state index in [9.17, 15) is 9.59 Å². The van der Waals surface area contributed by atoms with Gasteiger partial charge in [-0.05, 0) is 51.1 Å². The predicted octanol–water partition coefficient (Wildman–Crippen LogP) is 2.46. The lowest BCUT2D eigenvalue weighted by Gasteiger charge is -2.28. The van der Waals surface area contributed by atoms with Crippen LogP contribution in [0.5, 0.6) is 0 Å². The molecule has 0 unspecified atom stereocenters. The molecule has 3 rings (SSSR count). The summed E-state index contributed by atoms with van der Waals surface area (Å²) < 4.78 is 12.3. The van der Waals surface area contributed by atoms with Crippen molar-refractivity contribution < 1.29 is 19.1 Å². The van der Waals surface area contributed by atoms with E-state index in [2.05, 4.69) is 15.3 Å². The Morgan fingerprint density at radius 2 is 1.87 bits per heavy atom. The van der Waals surface area contributed by atoms with Crippen LogP contribution < -0.4 is 10.2 Å². The van der Waals surface area contributed by atoms with E-state index in [4.69, 9.17) is 9.47 Å². The summed E-state index contributed by atoms with van der Waals surface area (Å²) in [5, 5.41) is 7.08. The van der Waals surface area contributed by atoms with E-state index < -0.39 is 12.1 Å². The maximum atomic E-state index is 12.4. The van der Waals surface area contributed by atoms with E-state index in [0.717, 1.165) is 48.9 Å². The lowest BCUT2D eigenvalue weighted by atomic mass is 10.2. The third kappa shape index (κ3) is 5.27. The molecule has 8 heteroatoms. The standard InChI is InChI=1S/C22H28N4O4/c1-15-20(16(2)25(4)24-15)9-10-21(27)30-17(3)22(28)23-18-5-7-19(8-6-18)26-11-13-29-14-12-26/h5-10,17H,11-14H2,1-4H3,(H,23,28)/b10-9+/t17-/m0/s1. The first-order valence-corrected chi connectivity index (χ1v) is 9.97. The van der Waals surface area contributed by atoms with Gasteiger partial charge >= 0.3 is 5.97 Å². The first-order chi connectivity index (χ1) is 14.3. The number of aryl methyl sites for hydroxylation is 2. The molecule has 2 aromatic rings. The van der Waals surface area contributed by atoms with E-state index in [-0.39, 0.29) is 5.91 Å². The summed E-state index contributed by atoms with van der Waals surface area (Å²) in [6.45, 7) is 8.48. The molecule has 160 valence electrons. The number of carbonyl (C=O) groups is 2. The lowest BCUT2D eigenvalue weighted by Crippen LogP contribution is -2.36. The van der Waals surface area contributed by atoms with Crippen LogP contribution in [0.25, 0.3) is 6.08 Å². The van der Waals surface area contributed by atoms with Crippen LogP contribution in [0, 0.1) is 13.8 Å². The summed E-state index contributed by atoms with van der Waals surface area (Å²) >= 11 is 0. The van der Waals surface area contributed by atoms with Crippen LogP contribution in [0.3, 0.4) is 0 Å². The molecule has 1 aromatic carbocycles. The summed E-state index contributed by atoms with van der Waals surface area (Å²) in [6.07, 6.45) is 2.06. The lowest BCUT2D eigenvalue weighted by molar-refractivity contribution is -0.148.